The summed E-state index contributed by atoms with van der Waals surface area (Å²) >= 11 is 0. The standard InChI is InChI=1S/C26H34N4O2/c1-4-29-14-8-11-20(16-29)27-24(31)17-30-25(32)15-23(26(28-30)18(2)3)22-13-7-10-19-9-5-6-12-21(19)22/h6-7,10,12-13,15,18,20H,4-5,8-9,11,14,16-17H2,1-3H3,(H,27,31)/t20-/m1/s1. The molecular formula is C26H34N4O2. The molecule has 0 unspecified atom stereocenters. The first-order valence-electron chi connectivity index (χ1n) is 11.9. The van der Waals surface area contributed by atoms with Crippen LogP contribution >= 0.6 is 0 Å². The maximum Gasteiger partial charge on any atom is 0.267 e. The van der Waals surface area contributed by atoms with Crippen LogP contribution in [0.5, 0.6) is 0 Å². The van der Waals surface area contributed by atoms with E-state index in [2.05, 4.69) is 66.4 Å². The Morgan fingerprint density at radius 3 is 2.91 bits per heavy atom. The molecule has 2 aliphatic rings. The number of likely N-dealkylation sites (tertiary alicyclic amines) is 1. The molecule has 1 atom stereocenters. The second kappa shape index (κ2) is 9.82. The lowest BCUT2D eigenvalue weighted by atomic mass is 9.88. The Balaban J connectivity index is 1.60. The van der Waals surface area contributed by atoms with Gasteiger partial charge in [-0.25, -0.2) is 4.68 Å². The van der Waals surface area contributed by atoms with Crippen LogP contribution in [0.1, 0.15) is 62.8 Å². The molecule has 0 radical (unpaired) electrons. The van der Waals surface area contributed by atoms with Gasteiger partial charge in [0.15, 0.2) is 0 Å². The number of benzene rings is 1. The predicted molar refractivity (Wildman–Crippen MR) is 129 cm³/mol. The fraction of sp³-hybridized carbons (Fsp3) is 0.500. The third-order valence-corrected chi connectivity index (χ3v) is 6.54. The Bertz CT molecular complexity index is 1070. The highest BCUT2D eigenvalue weighted by Crippen LogP contribution is 2.33. The summed E-state index contributed by atoms with van der Waals surface area (Å²) in [4.78, 5) is 28.0. The number of nitrogens with zero attached hydrogens (tertiary/aromatic N) is 3. The summed E-state index contributed by atoms with van der Waals surface area (Å²) < 4.78 is 1.32. The first kappa shape index (κ1) is 22.5. The van der Waals surface area contributed by atoms with Gasteiger partial charge in [0.2, 0.25) is 5.91 Å². The number of amides is 1. The lowest BCUT2D eigenvalue weighted by Crippen LogP contribution is -2.48. The fourth-order valence-corrected chi connectivity index (χ4v) is 4.83. The molecule has 170 valence electrons. The van der Waals surface area contributed by atoms with Crippen molar-refractivity contribution in [2.24, 2.45) is 0 Å². The van der Waals surface area contributed by atoms with Crippen LogP contribution in [-0.4, -0.2) is 46.3 Å². The quantitative estimate of drug-likeness (QED) is 0.755. The second-order valence-corrected chi connectivity index (χ2v) is 9.21. The van der Waals surface area contributed by atoms with Crippen molar-refractivity contribution < 1.29 is 4.79 Å². The summed E-state index contributed by atoms with van der Waals surface area (Å²) in [5, 5.41) is 7.78. The average Bonchev–Trinajstić information content (AvgIpc) is 2.79. The SMILES string of the molecule is CCN1CCC[C@@H](NC(=O)Cn2nc(C(C)C)c(-c3cccc4c3C=CCC4)cc2=O)C1. The van der Waals surface area contributed by atoms with Crippen molar-refractivity contribution in [2.45, 2.75) is 65.0 Å². The van der Waals surface area contributed by atoms with Crippen molar-refractivity contribution in [3.8, 4) is 11.1 Å². The van der Waals surface area contributed by atoms with Crippen LogP contribution in [0, 0.1) is 0 Å². The number of nitrogens with one attached hydrogen (secondary N) is 1. The number of aromatic nitrogens is 2. The van der Waals surface area contributed by atoms with E-state index in [1.807, 2.05) is 0 Å². The van der Waals surface area contributed by atoms with Crippen LogP contribution in [0.15, 0.2) is 35.1 Å². The van der Waals surface area contributed by atoms with E-state index in [1.165, 1.54) is 15.8 Å². The average molecular weight is 435 g/mol. The molecule has 6 heteroatoms. The number of aryl methyl sites for hydroxylation is 1. The van der Waals surface area contributed by atoms with E-state index in [0.29, 0.717) is 0 Å². The van der Waals surface area contributed by atoms with Crippen LogP contribution in [0.3, 0.4) is 0 Å². The summed E-state index contributed by atoms with van der Waals surface area (Å²) in [6, 6.07) is 8.07. The highest BCUT2D eigenvalue weighted by molar-refractivity contribution is 5.79. The van der Waals surface area contributed by atoms with Gasteiger partial charge in [0.05, 0.1) is 5.69 Å². The zero-order chi connectivity index (χ0) is 22.7. The number of fused-ring (bicyclic) bond motifs is 1. The van der Waals surface area contributed by atoms with Gasteiger partial charge in [-0.05, 0) is 61.4 Å². The molecule has 0 bridgehead atoms. The molecule has 1 aromatic carbocycles. The van der Waals surface area contributed by atoms with E-state index in [9.17, 15) is 9.59 Å². The Morgan fingerprint density at radius 1 is 1.28 bits per heavy atom. The lowest BCUT2D eigenvalue weighted by Gasteiger charge is -2.32. The molecule has 0 saturated carbocycles. The largest absolute Gasteiger partial charge is 0.350 e. The van der Waals surface area contributed by atoms with Crippen LogP contribution < -0.4 is 10.9 Å². The number of hydrogen-bond donors (Lipinski definition) is 1. The summed E-state index contributed by atoms with van der Waals surface area (Å²) in [5.41, 5.74) is 5.00. The van der Waals surface area contributed by atoms with Gasteiger partial charge in [0.1, 0.15) is 6.54 Å². The fourth-order valence-electron chi connectivity index (χ4n) is 4.83. The van der Waals surface area contributed by atoms with Crippen LogP contribution in [0.2, 0.25) is 0 Å². The molecule has 1 saturated heterocycles. The monoisotopic (exact) mass is 434 g/mol. The second-order valence-electron chi connectivity index (χ2n) is 9.21. The molecule has 1 fully saturated rings. The topological polar surface area (TPSA) is 67.2 Å². The van der Waals surface area contributed by atoms with Gasteiger partial charge in [-0.2, -0.15) is 5.10 Å². The number of piperidine rings is 1. The van der Waals surface area contributed by atoms with Crippen molar-refractivity contribution in [2.75, 3.05) is 19.6 Å². The van der Waals surface area contributed by atoms with Gasteiger partial charge < -0.3 is 10.2 Å². The maximum atomic E-state index is 13.0. The molecule has 1 N–H and O–H groups in total. The molecule has 2 aromatic rings. The molecule has 0 spiro atoms. The van der Waals surface area contributed by atoms with E-state index < -0.39 is 0 Å². The van der Waals surface area contributed by atoms with E-state index in [4.69, 9.17) is 0 Å². The van der Waals surface area contributed by atoms with E-state index in [1.54, 1.807) is 6.07 Å². The molecule has 1 amide bonds. The normalized spacial score (nSPS) is 18.6. The first-order valence-corrected chi connectivity index (χ1v) is 11.9. The maximum absolute atomic E-state index is 13.0. The minimum atomic E-state index is -0.240. The Morgan fingerprint density at radius 2 is 2.12 bits per heavy atom. The van der Waals surface area contributed by atoms with Crippen molar-refractivity contribution in [3.05, 3.63) is 57.5 Å². The molecule has 4 rings (SSSR count). The molecule has 1 aromatic heterocycles. The summed E-state index contributed by atoms with van der Waals surface area (Å²) in [6.07, 6.45) is 8.45. The predicted octanol–water partition coefficient (Wildman–Crippen LogP) is 3.59. The van der Waals surface area contributed by atoms with Crippen LogP contribution in [-0.2, 0) is 17.8 Å². The van der Waals surface area contributed by atoms with Crippen molar-refractivity contribution >= 4 is 12.0 Å². The smallest absolute Gasteiger partial charge is 0.267 e. The van der Waals surface area contributed by atoms with Crippen LogP contribution in [0.25, 0.3) is 17.2 Å². The van der Waals surface area contributed by atoms with Crippen molar-refractivity contribution in [1.82, 2.24) is 20.0 Å². The number of rotatable bonds is 6. The zero-order valence-electron chi connectivity index (χ0n) is 19.4. The summed E-state index contributed by atoms with van der Waals surface area (Å²) in [5.74, 6) is -0.0233. The number of hydrogen-bond acceptors (Lipinski definition) is 4. The number of carbonyl (C=O) groups is 1. The van der Waals surface area contributed by atoms with E-state index >= 15 is 0 Å². The molecule has 32 heavy (non-hydrogen) atoms. The molecule has 1 aliphatic heterocycles. The van der Waals surface area contributed by atoms with Gasteiger partial charge >= 0.3 is 0 Å². The number of likely N-dealkylation sites (N-methyl/N-ethyl adjacent to an activating group) is 1. The number of carbonyl (C=O) groups excluding carboxylic acids is 1. The minimum Gasteiger partial charge on any atom is -0.350 e. The van der Waals surface area contributed by atoms with Gasteiger partial charge in [-0.3, -0.25) is 9.59 Å². The summed E-state index contributed by atoms with van der Waals surface area (Å²) in [7, 11) is 0. The van der Waals surface area contributed by atoms with E-state index in [-0.39, 0.29) is 30.0 Å². The Labute approximate surface area is 190 Å². The number of allylic oxidation sites excluding steroid dienone is 1. The van der Waals surface area contributed by atoms with Gasteiger partial charge in [0, 0.05) is 24.2 Å². The Kier molecular flexibility index (Phi) is 6.89. The summed E-state index contributed by atoms with van der Waals surface area (Å²) in [6.45, 7) is 9.19. The van der Waals surface area contributed by atoms with Crippen molar-refractivity contribution in [3.63, 3.8) is 0 Å². The van der Waals surface area contributed by atoms with E-state index in [0.717, 1.165) is 62.1 Å². The molecule has 6 nitrogen and oxygen atoms in total. The molecule has 2 heterocycles. The third kappa shape index (κ3) is 4.85. The molecule has 1 aliphatic carbocycles. The van der Waals surface area contributed by atoms with Gasteiger partial charge in [0.25, 0.3) is 5.56 Å². The first-order chi connectivity index (χ1) is 15.5. The highest BCUT2D eigenvalue weighted by atomic mass is 16.2. The van der Waals surface area contributed by atoms with Gasteiger partial charge in [-0.1, -0.05) is 51.1 Å². The highest BCUT2D eigenvalue weighted by Gasteiger charge is 2.22. The lowest BCUT2D eigenvalue weighted by molar-refractivity contribution is -0.123. The molecular weight excluding hydrogens is 400 g/mol. The van der Waals surface area contributed by atoms with Crippen molar-refractivity contribution in [1.29, 1.82) is 0 Å². The minimum absolute atomic E-state index is 0.0474. The Hall–Kier alpha value is -2.73. The zero-order valence-corrected chi connectivity index (χ0v) is 19.4. The van der Waals surface area contributed by atoms with Crippen LogP contribution in [0.4, 0.5) is 0 Å². The third-order valence-electron chi connectivity index (χ3n) is 6.54. The van der Waals surface area contributed by atoms with Gasteiger partial charge in [-0.15, -0.1) is 0 Å².